The number of hydrogen-bond acceptors (Lipinski definition) is 2. The maximum absolute atomic E-state index is 11.0. The van der Waals surface area contributed by atoms with Gasteiger partial charge in [0.25, 0.3) is 0 Å². The molecule has 1 heterocycles. The molecule has 0 radical (unpaired) electrons. The normalized spacial score (nSPS) is 18.7. The van der Waals surface area contributed by atoms with Gasteiger partial charge in [-0.05, 0) is 70.4 Å². The van der Waals surface area contributed by atoms with Gasteiger partial charge in [0.1, 0.15) is 0 Å². The first-order chi connectivity index (χ1) is 11.6. The molecule has 1 aromatic carbocycles. The van der Waals surface area contributed by atoms with E-state index in [0.29, 0.717) is 5.56 Å². The summed E-state index contributed by atoms with van der Waals surface area (Å²) in [4.78, 5) is 12.5. The van der Waals surface area contributed by atoms with Crippen LogP contribution in [0.5, 0.6) is 0 Å². The highest BCUT2D eigenvalue weighted by Crippen LogP contribution is 2.51. The summed E-state index contributed by atoms with van der Waals surface area (Å²) >= 11 is 1.89. The van der Waals surface area contributed by atoms with E-state index in [0.717, 1.165) is 5.56 Å². The number of hydrogen-bond donors (Lipinski definition) is 1. The Labute approximate surface area is 154 Å². The van der Waals surface area contributed by atoms with Crippen LogP contribution in [0.3, 0.4) is 0 Å². The molecular formula is C22H26O2S. The van der Waals surface area contributed by atoms with Crippen LogP contribution >= 0.6 is 11.3 Å². The van der Waals surface area contributed by atoms with Gasteiger partial charge in [0.15, 0.2) is 0 Å². The van der Waals surface area contributed by atoms with Gasteiger partial charge in [-0.3, -0.25) is 0 Å². The molecule has 0 spiro atoms. The van der Waals surface area contributed by atoms with E-state index in [1.54, 1.807) is 12.1 Å². The Kier molecular flexibility index (Phi) is 4.40. The molecule has 132 valence electrons. The summed E-state index contributed by atoms with van der Waals surface area (Å²) < 4.78 is 0. The Morgan fingerprint density at radius 3 is 2.28 bits per heavy atom. The van der Waals surface area contributed by atoms with E-state index < -0.39 is 5.97 Å². The summed E-state index contributed by atoms with van der Waals surface area (Å²) in [5.41, 5.74) is 5.90. The number of allylic oxidation sites excluding steroid dienone is 1. The van der Waals surface area contributed by atoms with Crippen LogP contribution in [-0.4, -0.2) is 11.1 Å². The minimum absolute atomic E-state index is 0.197. The molecule has 0 saturated carbocycles. The summed E-state index contributed by atoms with van der Waals surface area (Å²) in [6, 6.07) is 7.08. The Balaban J connectivity index is 2.02. The second kappa shape index (κ2) is 6.14. The third-order valence-electron chi connectivity index (χ3n) is 5.42. The predicted octanol–water partition coefficient (Wildman–Crippen LogP) is 6.36. The van der Waals surface area contributed by atoms with Crippen molar-refractivity contribution in [2.45, 2.75) is 58.3 Å². The lowest BCUT2D eigenvalue weighted by atomic mass is 9.65. The Morgan fingerprint density at radius 2 is 1.68 bits per heavy atom. The maximum atomic E-state index is 11.0. The summed E-state index contributed by atoms with van der Waals surface area (Å²) in [6.07, 6.45) is 4.59. The molecular weight excluding hydrogens is 328 g/mol. The van der Waals surface area contributed by atoms with Crippen molar-refractivity contribution in [2.75, 3.05) is 0 Å². The van der Waals surface area contributed by atoms with Crippen molar-refractivity contribution in [2.24, 2.45) is 0 Å². The molecule has 0 saturated heterocycles. The van der Waals surface area contributed by atoms with E-state index in [4.69, 9.17) is 5.11 Å². The van der Waals surface area contributed by atoms with Crippen molar-refractivity contribution < 1.29 is 9.90 Å². The van der Waals surface area contributed by atoms with Crippen LogP contribution in [0.15, 0.2) is 29.6 Å². The number of fused-ring (bicyclic) bond motifs is 1. The largest absolute Gasteiger partial charge is 0.478 e. The highest BCUT2D eigenvalue weighted by atomic mass is 32.1. The first-order valence-electron chi connectivity index (χ1n) is 8.76. The summed E-state index contributed by atoms with van der Waals surface area (Å²) in [6.45, 7) is 11.6. The number of carboxylic acids is 1. The van der Waals surface area contributed by atoms with Crippen molar-refractivity contribution in [3.63, 3.8) is 0 Å². The molecule has 2 nitrogen and oxygen atoms in total. The Bertz CT molecular complexity index is 835. The van der Waals surface area contributed by atoms with Gasteiger partial charge in [-0.15, -0.1) is 11.3 Å². The molecule has 0 atom stereocenters. The molecule has 1 N–H and O–H groups in total. The fraction of sp³-hybridized carbons (Fsp3) is 0.409. The number of carboxylic acid groups (broad SMARTS) is 1. The number of carbonyl (C=O) groups is 1. The van der Waals surface area contributed by atoms with Crippen LogP contribution in [0, 0.1) is 0 Å². The molecule has 1 aliphatic carbocycles. The van der Waals surface area contributed by atoms with Gasteiger partial charge in [-0.2, -0.15) is 0 Å². The lowest BCUT2D eigenvalue weighted by Crippen LogP contribution is -2.32. The molecule has 0 aliphatic heterocycles. The summed E-state index contributed by atoms with van der Waals surface area (Å²) in [5.74, 6) is -0.886. The van der Waals surface area contributed by atoms with Crippen molar-refractivity contribution >= 4 is 29.0 Å². The topological polar surface area (TPSA) is 37.3 Å². The molecule has 1 aromatic heterocycles. The van der Waals surface area contributed by atoms with Crippen LogP contribution < -0.4 is 0 Å². The molecule has 0 amide bonds. The number of rotatable bonds is 3. The first-order valence-corrected chi connectivity index (χ1v) is 9.64. The molecule has 0 unspecified atom stereocenters. The number of aromatic carboxylic acids is 1. The van der Waals surface area contributed by atoms with Crippen LogP contribution in [0.2, 0.25) is 0 Å². The van der Waals surface area contributed by atoms with Gasteiger partial charge in [0, 0.05) is 4.88 Å². The number of benzene rings is 1. The minimum atomic E-state index is -0.886. The van der Waals surface area contributed by atoms with Crippen LogP contribution in [0.25, 0.3) is 11.6 Å². The van der Waals surface area contributed by atoms with Gasteiger partial charge < -0.3 is 5.11 Å². The molecule has 2 aromatic rings. The highest BCUT2D eigenvalue weighted by molar-refractivity contribution is 7.10. The fourth-order valence-corrected chi connectivity index (χ4v) is 5.20. The van der Waals surface area contributed by atoms with E-state index in [-0.39, 0.29) is 10.8 Å². The lowest BCUT2D eigenvalue weighted by molar-refractivity contribution is 0.0697. The van der Waals surface area contributed by atoms with Gasteiger partial charge >= 0.3 is 5.97 Å². The third kappa shape index (κ3) is 3.30. The Hall–Kier alpha value is -1.87. The third-order valence-corrected chi connectivity index (χ3v) is 6.77. The second-order valence-corrected chi connectivity index (χ2v) is 9.26. The van der Waals surface area contributed by atoms with Crippen LogP contribution in [0.4, 0.5) is 0 Å². The van der Waals surface area contributed by atoms with Crippen molar-refractivity contribution in [1.29, 1.82) is 0 Å². The van der Waals surface area contributed by atoms with E-state index >= 15 is 0 Å². The first kappa shape index (κ1) is 17.9. The quantitative estimate of drug-likeness (QED) is 0.696. The summed E-state index contributed by atoms with van der Waals surface area (Å²) in [7, 11) is 0. The smallest absolute Gasteiger partial charge is 0.335 e. The molecule has 1 aliphatic rings. The highest BCUT2D eigenvalue weighted by Gasteiger charge is 2.40. The maximum Gasteiger partial charge on any atom is 0.335 e. The van der Waals surface area contributed by atoms with Gasteiger partial charge in [0.2, 0.25) is 0 Å². The molecule has 25 heavy (non-hydrogen) atoms. The van der Waals surface area contributed by atoms with Gasteiger partial charge in [0.05, 0.1) is 5.56 Å². The average molecular weight is 355 g/mol. The van der Waals surface area contributed by atoms with Crippen LogP contribution in [-0.2, 0) is 10.8 Å². The van der Waals surface area contributed by atoms with E-state index in [1.165, 1.54) is 34.4 Å². The van der Waals surface area contributed by atoms with Gasteiger partial charge in [-0.1, -0.05) is 45.9 Å². The average Bonchev–Trinajstić information content (AvgIpc) is 3.00. The van der Waals surface area contributed by atoms with E-state index in [2.05, 4.69) is 46.1 Å². The molecule has 3 rings (SSSR count). The zero-order valence-electron chi connectivity index (χ0n) is 15.6. The molecule has 3 heteroatoms. The van der Waals surface area contributed by atoms with Crippen molar-refractivity contribution in [3.8, 4) is 0 Å². The van der Waals surface area contributed by atoms with E-state index in [1.807, 2.05) is 23.5 Å². The van der Waals surface area contributed by atoms with Crippen LogP contribution in [0.1, 0.15) is 79.4 Å². The fourth-order valence-electron chi connectivity index (χ4n) is 3.73. The SMILES string of the molecule is CC(=Cc1ccc(C(=O)O)cc1)c1csc2c1C(C)(C)CCC2(C)C. The monoisotopic (exact) mass is 354 g/mol. The number of thiophene rings is 1. The standard InChI is InChI=1S/C22H26O2S/c1-14(12-15-6-8-16(9-7-15)20(23)24)17-13-25-19-18(17)21(2,3)10-11-22(19,4)5/h6-9,12-13H,10-11H2,1-5H3,(H,23,24). The zero-order valence-corrected chi connectivity index (χ0v) is 16.5. The second-order valence-electron chi connectivity index (χ2n) is 8.38. The zero-order chi connectivity index (χ0) is 18.4. The molecule has 0 bridgehead atoms. The molecule has 0 fully saturated rings. The minimum Gasteiger partial charge on any atom is -0.478 e. The van der Waals surface area contributed by atoms with E-state index in [9.17, 15) is 4.79 Å². The summed E-state index contributed by atoms with van der Waals surface area (Å²) in [5, 5.41) is 11.3. The lowest BCUT2D eigenvalue weighted by Gasteiger charge is -2.40. The van der Waals surface area contributed by atoms with Crippen molar-refractivity contribution in [1.82, 2.24) is 0 Å². The van der Waals surface area contributed by atoms with Gasteiger partial charge in [-0.25, -0.2) is 4.79 Å². The Morgan fingerprint density at radius 1 is 1.08 bits per heavy atom. The van der Waals surface area contributed by atoms with Crippen molar-refractivity contribution in [3.05, 3.63) is 56.8 Å². The predicted molar refractivity (Wildman–Crippen MR) is 107 cm³/mol.